The van der Waals surface area contributed by atoms with Crippen LogP contribution in [0.25, 0.3) is 0 Å². The summed E-state index contributed by atoms with van der Waals surface area (Å²) in [6.45, 7) is 4.36. The van der Waals surface area contributed by atoms with Crippen LogP contribution in [0, 0.1) is 0 Å². The van der Waals surface area contributed by atoms with Crippen molar-refractivity contribution in [3.05, 3.63) is 70.2 Å². The summed E-state index contributed by atoms with van der Waals surface area (Å²) in [5.74, 6) is 0. The third-order valence-electron chi connectivity index (χ3n) is 3.98. The topological polar surface area (TPSA) is 15.3 Å². The van der Waals surface area contributed by atoms with Gasteiger partial charge in [0.25, 0.3) is 0 Å². The van der Waals surface area contributed by atoms with Crippen LogP contribution >= 0.6 is 15.9 Å². The molecule has 1 atom stereocenters. The molecule has 110 valence electrons. The van der Waals surface area contributed by atoms with Crippen molar-refractivity contribution in [2.45, 2.75) is 19.0 Å². The van der Waals surface area contributed by atoms with Gasteiger partial charge in [-0.2, -0.15) is 0 Å². The van der Waals surface area contributed by atoms with Gasteiger partial charge in [0.15, 0.2) is 0 Å². The molecule has 2 aromatic carbocycles. The zero-order valence-corrected chi connectivity index (χ0v) is 13.7. The van der Waals surface area contributed by atoms with Crippen LogP contribution in [0.4, 0.5) is 0 Å². The molecule has 1 aliphatic rings. The van der Waals surface area contributed by atoms with Crippen molar-refractivity contribution in [2.24, 2.45) is 0 Å². The summed E-state index contributed by atoms with van der Waals surface area (Å²) in [6, 6.07) is 20.0. The fraction of sp³-hybridized carbons (Fsp3) is 0.333. The highest BCUT2D eigenvalue weighted by Crippen LogP contribution is 2.14. The normalized spacial score (nSPS) is 19.6. The first-order chi connectivity index (χ1) is 10.3. The molecule has 3 rings (SSSR count). The Morgan fingerprint density at radius 2 is 1.76 bits per heavy atom. The Morgan fingerprint density at radius 3 is 2.52 bits per heavy atom. The van der Waals surface area contributed by atoms with E-state index in [1.807, 2.05) is 0 Å². The van der Waals surface area contributed by atoms with Crippen LogP contribution < -0.4 is 5.32 Å². The van der Waals surface area contributed by atoms with Gasteiger partial charge >= 0.3 is 0 Å². The molecule has 3 heteroatoms. The summed E-state index contributed by atoms with van der Waals surface area (Å²) < 4.78 is 1.15. The molecule has 1 saturated heterocycles. The molecule has 0 aliphatic carbocycles. The first-order valence-electron chi connectivity index (χ1n) is 7.54. The molecular formula is C18H21BrN2. The van der Waals surface area contributed by atoms with Gasteiger partial charge in [0.2, 0.25) is 0 Å². The Hall–Kier alpha value is -1.16. The van der Waals surface area contributed by atoms with E-state index in [-0.39, 0.29) is 0 Å². The number of hydrogen-bond acceptors (Lipinski definition) is 2. The van der Waals surface area contributed by atoms with Crippen molar-refractivity contribution in [2.75, 3.05) is 19.6 Å². The second-order valence-electron chi connectivity index (χ2n) is 5.70. The fourth-order valence-corrected chi connectivity index (χ4v) is 3.19. The molecule has 21 heavy (non-hydrogen) atoms. The Morgan fingerprint density at radius 1 is 1.00 bits per heavy atom. The van der Waals surface area contributed by atoms with Gasteiger partial charge < -0.3 is 5.32 Å². The van der Waals surface area contributed by atoms with Gasteiger partial charge in [-0.1, -0.05) is 58.4 Å². The average Bonchev–Trinajstić information content (AvgIpc) is 2.51. The highest BCUT2D eigenvalue weighted by Gasteiger charge is 2.19. The van der Waals surface area contributed by atoms with Crippen molar-refractivity contribution in [3.63, 3.8) is 0 Å². The standard InChI is InChI=1S/C18H21BrN2/c19-17-8-6-16(7-9-17)13-21-11-10-20-18(14-21)12-15-4-2-1-3-5-15/h1-9,18,20H,10-14H2/t18-/m1/s1. The van der Waals surface area contributed by atoms with Crippen LogP contribution in [0.2, 0.25) is 0 Å². The molecule has 1 heterocycles. The number of benzene rings is 2. The minimum absolute atomic E-state index is 0.552. The Labute approximate surface area is 135 Å². The minimum atomic E-state index is 0.552. The molecule has 1 aliphatic heterocycles. The maximum atomic E-state index is 3.64. The highest BCUT2D eigenvalue weighted by molar-refractivity contribution is 9.10. The quantitative estimate of drug-likeness (QED) is 0.913. The third kappa shape index (κ3) is 4.40. The molecule has 0 amide bonds. The Bertz CT molecular complexity index is 553. The van der Waals surface area contributed by atoms with Gasteiger partial charge in [-0.15, -0.1) is 0 Å². The van der Waals surface area contributed by atoms with Gasteiger partial charge in [0.05, 0.1) is 0 Å². The van der Waals surface area contributed by atoms with Crippen molar-refractivity contribution >= 4 is 15.9 Å². The number of nitrogens with zero attached hydrogens (tertiary/aromatic N) is 1. The monoisotopic (exact) mass is 344 g/mol. The number of piperazine rings is 1. The largest absolute Gasteiger partial charge is 0.311 e. The van der Waals surface area contributed by atoms with Crippen molar-refractivity contribution in [1.29, 1.82) is 0 Å². The number of nitrogens with one attached hydrogen (secondary N) is 1. The SMILES string of the molecule is Brc1ccc(CN2CCN[C@H](Cc3ccccc3)C2)cc1. The molecule has 0 spiro atoms. The zero-order valence-electron chi connectivity index (χ0n) is 12.1. The molecule has 1 fully saturated rings. The van der Waals surface area contributed by atoms with E-state index in [1.54, 1.807) is 0 Å². The van der Waals surface area contributed by atoms with E-state index in [1.165, 1.54) is 11.1 Å². The second-order valence-corrected chi connectivity index (χ2v) is 6.62. The lowest BCUT2D eigenvalue weighted by Gasteiger charge is -2.34. The molecule has 0 saturated carbocycles. The molecular weight excluding hydrogens is 324 g/mol. The summed E-state index contributed by atoms with van der Waals surface area (Å²) in [6.07, 6.45) is 1.11. The van der Waals surface area contributed by atoms with E-state index in [0.29, 0.717) is 6.04 Å². The first-order valence-corrected chi connectivity index (χ1v) is 8.33. The molecule has 0 aromatic heterocycles. The van der Waals surface area contributed by atoms with E-state index >= 15 is 0 Å². The van der Waals surface area contributed by atoms with Crippen LogP contribution in [0.5, 0.6) is 0 Å². The van der Waals surface area contributed by atoms with Crippen LogP contribution in [-0.2, 0) is 13.0 Å². The lowest BCUT2D eigenvalue weighted by molar-refractivity contribution is 0.192. The van der Waals surface area contributed by atoms with Gasteiger partial charge in [0.1, 0.15) is 0 Å². The maximum Gasteiger partial charge on any atom is 0.0236 e. The smallest absolute Gasteiger partial charge is 0.0236 e. The summed E-state index contributed by atoms with van der Waals surface area (Å²) in [5.41, 5.74) is 2.80. The Balaban J connectivity index is 1.57. The summed E-state index contributed by atoms with van der Waals surface area (Å²) >= 11 is 3.49. The minimum Gasteiger partial charge on any atom is -0.311 e. The third-order valence-corrected chi connectivity index (χ3v) is 4.51. The summed E-state index contributed by atoms with van der Waals surface area (Å²) in [4.78, 5) is 2.55. The molecule has 2 nitrogen and oxygen atoms in total. The van der Waals surface area contributed by atoms with E-state index in [0.717, 1.165) is 37.1 Å². The van der Waals surface area contributed by atoms with E-state index < -0.39 is 0 Å². The van der Waals surface area contributed by atoms with Crippen LogP contribution in [-0.4, -0.2) is 30.6 Å². The van der Waals surface area contributed by atoms with Crippen molar-refractivity contribution < 1.29 is 0 Å². The predicted octanol–water partition coefficient (Wildman–Crippen LogP) is 3.47. The average molecular weight is 345 g/mol. The number of halogens is 1. The second kappa shape index (κ2) is 7.21. The maximum absolute atomic E-state index is 3.64. The lowest BCUT2D eigenvalue weighted by Crippen LogP contribution is -2.51. The first kappa shape index (κ1) is 14.8. The molecule has 0 radical (unpaired) electrons. The van der Waals surface area contributed by atoms with E-state index in [2.05, 4.69) is 80.7 Å². The summed E-state index contributed by atoms with van der Waals surface area (Å²) in [7, 11) is 0. The van der Waals surface area contributed by atoms with Crippen molar-refractivity contribution in [3.8, 4) is 0 Å². The molecule has 2 aromatic rings. The van der Waals surface area contributed by atoms with Crippen LogP contribution in [0.15, 0.2) is 59.1 Å². The highest BCUT2D eigenvalue weighted by atomic mass is 79.9. The zero-order chi connectivity index (χ0) is 14.5. The van der Waals surface area contributed by atoms with Gasteiger partial charge in [-0.25, -0.2) is 0 Å². The lowest BCUT2D eigenvalue weighted by atomic mass is 10.0. The van der Waals surface area contributed by atoms with Gasteiger partial charge in [-0.3, -0.25) is 4.90 Å². The number of hydrogen-bond donors (Lipinski definition) is 1. The molecule has 0 unspecified atom stereocenters. The van der Waals surface area contributed by atoms with Crippen LogP contribution in [0.3, 0.4) is 0 Å². The predicted molar refractivity (Wildman–Crippen MR) is 91.4 cm³/mol. The Kier molecular flexibility index (Phi) is 5.07. The molecule has 0 bridgehead atoms. The number of rotatable bonds is 4. The van der Waals surface area contributed by atoms with Crippen molar-refractivity contribution in [1.82, 2.24) is 10.2 Å². The fourth-order valence-electron chi connectivity index (χ4n) is 2.92. The molecule has 1 N–H and O–H groups in total. The van der Waals surface area contributed by atoms with Gasteiger partial charge in [-0.05, 0) is 29.7 Å². The summed E-state index contributed by atoms with van der Waals surface area (Å²) in [5, 5.41) is 3.64. The van der Waals surface area contributed by atoms with E-state index in [9.17, 15) is 0 Å². The van der Waals surface area contributed by atoms with Crippen LogP contribution in [0.1, 0.15) is 11.1 Å². The van der Waals surface area contributed by atoms with E-state index in [4.69, 9.17) is 0 Å². The van der Waals surface area contributed by atoms with Gasteiger partial charge in [0, 0.05) is 36.7 Å².